The van der Waals surface area contributed by atoms with Crippen molar-refractivity contribution in [3.8, 4) is 0 Å². The molecule has 1 spiro atoms. The van der Waals surface area contributed by atoms with E-state index < -0.39 is 5.54 Å². The van der Waals surface area contributed by atoms with E-state index in [1.54, 1.807) is 14.2 Å². The highest BCUT2D eigenvalue weighted by Crippen LogP contribution is 2.37. The molecular formula is C15H24N2O3. The Kier molecular flexibility index (Phi) is 4.16. The van der Waals surface area contributed by atoms with Crippen molar-refractivity contribution in [1.29, 1.82) is 0 Å². The van der Waals surface area contributed by atoms with Crippen molar-refractivity contribution in [2.45, 2.75) is 51.6 Å². The van der Waals surface area contributed by atoms with Crippen LogP contribution < -0.4 is 0 Å². The lowest BCUT2D eigenvalue weighted by atomic mass is 9.75. The summed E-state index contributed by atoms with van der Waals surface area (Å²) in [4.78, 5) is 21.8. The van der Waals surface area contributed by atoms with Gasteiger partial charge >= 0.3 is 0 Å². The average molecular weight is 280 g/mol. The van der Waals surface area contributed by atoms with Gasteiger partial charge in [0.15, 0.2) is 11.3 Å². The Bertz CT molecular complexity index is 456. The van der Waals surface area contributed by atoms with E-state index in [-0.39, 0.29) is 17.7 Å². The highest BCUT2D eigenvalue weighted by Gasteiger charge is 2.51. The summed E-state index contributed by atoms with van der Waals surface area (Å²) in [6.45, 7) is 6.20. The van der Waals surface area contributed by atoms with Gasteiger partial charge in [0.1, 0.15) is 6.04 Å². The smallest absolute Gasteiger partial charge is 0.220 e. The first kappa shape index (κ1) is 15.0. The van der Waals surface area contributed by atoms with E-state index >= 15 is 0 Å². The maximum Gasteiger partial charge on any atom is 0.220 e. The van der Waals surface area contributed by atoms with Crippen molar-refractivity contribution in [3.63, 3.8) is 0 Å². The summed E-state index contributed by atoms with van der Waals surface area (Å²) in [6, 6.07) is -0.173. The van der Waals surface area contributed by atoms with E-state index in [1.165, 1.54) is 0 Å². The van der Waals surface area contributed by atoms with Gasteiger partial charge in [0.05, 0.1) is 14.2 Å². The molecule has 0 radical (unpaired) electrons. The zero-order valence-corrected chi connectivity index (χ0v) is 13.0. The molecule has 0 aromatic heterocycles. The first-order valence-electron chi connectivity index (χ1n) is 7.24. The fourth-order valence-corrected chi connectivity index (χ4v) is 2.94. The van der Waals surface area contributed by atoms with Crippen LogP contribution in [0.25, 0.3) is 0 Å². The molecule has 0 aromatic rings. The lowest BCUT2D eigenvalue weighted by Gasteiger charge is -2.38. The Morgan fingerprint density at radius 3 is 2.50 bits per heavy atom. The number of rotatable bonds is 1. The number of Topliss-reactive ketones (excluding diaryl/α,β-unsaturated/α-hetero) is 1. The second-order valence-corrected chi connectivity index (χ2v) is 6.11. The second-order valence-electron chi connectivity index (χ2n) is 6.11. The van der Waals surface area contributed by atoms with Crippen molar-refractivity contribution in [2.75, 3.05) is 14.2 Å². The quantitative estimate of drug-likeness (QED) is 0.740. The fraction of sp³-hybridized carbons (Fsp3) is 0.800. The minimum absolute atomic E-state index is 0.0913. The SMILES string of the molecule is COC1=N[C@]2(CC[C@@H](C)CC2=O)C(OC)=N[C@H]1C(C)C. The van der Waals surface area contributed by atoms with Crippen LogP contribution in [-0.2, 0) is 14.3 Å². The molecule has 1 aliphatic carbocycles. The number of hydrogen-bond donors (Lipinski definition) is 0. The van der Waals surface area contributed by atoms with E-state index in [2.05, 4.69) is 30.8 Å². The molecule has 5 nitrogen and oxygen atoms in total. The Hall–Kier alpha value is -1.39. The van der Waals surface area contributed by atoms with Gasteiger partial charge < -0.3 is 9.47 Å². The van der Waals surface area contributed by atoms with Gasteiger partial charge in [-0.15, -0.1) is 0 Å². The van der Waals surface area contributed by atoms with E-state index in [0.29, 0.717) is 30.6 Å². The van der Waals surface area contributed by atoms with Crippen molar-refractivity contribution in [3.05, 3.63) is 0 Å². The van der Waals surface area contributed by atoms with Crippen LogP contribution in [0.1, 0.15) is 40.0 Å². The van der Waals surface area contributed by atoms with Crippen LogP contribution in [0.3, 0.4) is 0 Å². The number of aliphatic imine (C=N–C) groups is 2. The van der Waals surface area contributed by atoms with Crippen LogP contribution in [0, 0.1) is 11.8 Å². The number of ether oxygens (including phenoxy) is 2. The molecule has 112 valence electrons. The largest absolute Gasteiger partial charge is 0.483 e. The summed E-state index contributed by atoms with van der Waals surface area (Å²) in [5.74, 6) is 1.73. The van der Waals surface area contributed by atoms with Crippen LogP contribution in [0.4, 0.5) is 0 Å². The Morgan fingerprint density at radius 2 is 2.00 bits per heavy atom. The molecule has 5 heteroatoms. The predicted octanol–water partition coefficient (Wildman–Crippen LogP) is 2.24. The summed E-state index contributed by atoms with van der Waals surface area (Å²) < 4.78 is 10.8. The van der Waals surface area contributed by atoms with Gasteiger partial charge in [0, 0.05) is 6.42 Å². The fourth-order valence-electron chi connectivity index (χ4n) is 2.94. The number of hydrogen-bond acceptors (Lipinski definition) is 5. The Balaban J connectivity index is 2.44. The molecule has 1 aliphatic heterocycles. The standard InChI is InChI=1S/C15H24N2O3/c1-9(2)12-13(19-4)17-15(14(16-12)20-5)7-6-10(3)8-11(15)18/h9-10,12H,6-8H2,1-5H3/t10-,12+,15+/m1/s1. The van der Waals surface area contributed by atoms with Crippen LogP contribution in [-0.4, -0.2) is 43.4 Å². The molecule has 0 unspecified atom stereocenters. The first-order valence-corrected chi connectivity index (χ1v) is 7.24. The van der Waals surface area contributed by atoms with Crippen LogP contribution in [0.2, 0.25) is 0 Å². The molecule has 0 N–H and O–H groups in total. The van der Waals surface area contributed by atoms with Crippen LogP contribution >= 0.6 is 0 Å². The predicted molar refractivity (Wildman–Crippen MR) is 78.3 cm³/mol. The Morgan fingerprint density at radius 1 is 1.30 bits per heavy atom. The summed E-state index contributed by atoms with van der Waals surface area (Å²) in [6.07, 6.45) is 2.12. The highest BCUT2D eigenvalue weighted by atomic mass is 16.5. The zero-order valence-electron chi connectivity index (χ0n) is 13.0. The average Bonchev–Trinajstić information content (AvgIpc) is 2.42. The van der Waals surface area contributed by atoms with E-state index in [9.17, 15) is 4.79 Å². The monoisotopic (exact) mass is 280 g/mol. The van der Waals surface area contributed by atoms with Gasteiger partial charge in [0.25, 0.3) is 0 Å². The van der Waals surface area contributed by atoms with Crippen molar-refractivity contribution < 1.29 is 14.3 Å². The molecule has 0 amide bonds. The summed E-state index contributed by atoms with van der Waals surface area (Å²) in [7, 11) is 3.15. The third-order valence-electron chi connectivity index (χ3n) is 4.19. The van der Waals surface area contributed by atoms with Crippen molar-refractivity contribution in [2.24, 2.45) is 21.8 Å². The molecule has 2 rings (SSSR count). The second kappa shape index (κ2) is 5.54. The van der Waals surface area contributed by atoms with Crippen LogP contribution in [0.15, 0.2) is 9.98 Å². The maximum absolute atomic E-state index is 12.6. The number of ketones is 1. The summed E-state index contributed by atoms with van der Waals surface area (Å²) in [5, 5.41) is 0. The molecule has 3 atom stereocenters. The minimum Gasteiger partial charge on any atom is -0.483 e. The molecule has 1 saturated carbocycles. The summed E-state index contributed by atoms with van der Waals surface area (Å²) >= 11 is 0. The Labute approximate surface area is 120 Å². The van der Waals surface area contributed by atoms with Crippen molar-refractivity contribution in [1.82, 2.24) is 0 Å². The third kappa shape index (κ3) is 2.34. The van der Waals surface area contributed by atoms with Gasteiger partial charge in [0.2, 0.25) is 11.8 Å². The molecule has 0 bridgehead atoms. The normalized spacial score (nSPS) is 34.0. The molecular weight excluding hydrogens is 256 g/mol. The van der Waals surface area contributed by atoms with E-state index in [1.807, 2.05) is 0 Å². The molecule has 2 aliphatic rings. The topological polar surface area (TPSA) is 60.2 Å². The minimum atomic E-state index is -0.946. The molecule has 20 heavy (non-hydrogen) atoms. The lowest BCUT2D eigenvalue weighted by molar-refractivity contribution is -0.125. The highest BCUT2D eigenvalue weighted by molar-refractivity contribution is 6.14. The number of methoxy groups -OCH3 is 2. The number of nitrogens with zero attached hydrogens (tertiary/aromatic N) is 2. The molecule has 1 fully saturated rings. The third-order valence-corrected chi connectivity index (χ3v) is 4.19. The molecule has 0 aromatic carbocycles. The van der Waals surface area contributed by atoms with Gasteiger partial charge in [-0.25, -0.2) is 9.98 Å². The van der Waals surface area contributed by atoms with Gasteiger partial charge in [-0.3, -0.25) is 4.79 Å². The molecule has 1 heterocycles. The first-order chi connectivity index (χ1) is 9.44. The van der Waals surface area contributed by atoms with Gasteiger partial charge in [-0.2, -0.15) is 0 Å². The summed E-state index contributed by atoms with van der Waals surface area (Å²) in [5.41, 5.74) is -0.946. The van der Waals surface area contributed by atoms with E-state index in [0.717, 1.165) is 6.42 Å². The number of carbonyl (C=O) groups excluding carboxylic acids is 1. The van der Waals surface area contributed by atoms with Crippen LogP contribution in [0.5, 0.6) is 0 Å². The van der Waals surface area contributed by atoms with E-state index in [4.69, 9.17) is 9.47 Å². The van der Waals surface area contributed by atoms with Gasteiger partial charge in [-0.05, 0) is 24.7 Å². The van der Waals surface area contributed by atoms with Gasteiger partial charge in [-0.1, -0.05) is 20.8 Å². The molecule has 0 saturated heterocycles. The zero-order chi connectivity index (χ0) is 14.9. The lowest BCUT2D eigenvalue weighted by Crippen LogP contribution is -2.54. The van der Waals surface area contributed by atoms with Crippen molar-refractivity contribution >= 4 is 17.6 Å². The maximum atomic E-state index is 12.6. The number of carbonyl (C=O) groups is 1.